The summed E-state index contributed by atoms with van der Waals surface area (Å²) in [5.74, 6) is 0.818. The van der Waals surface area contributed by atoms with Crippen molar-refractivity contribution in [3.63, 3.8) is 0 Å². The molecule has 0 aliphatic carbocycles. The molecule has 0 aliphatic heterocycles. The minimum Gasteiger partial charge on any atom is -0.494 e. The van der Waals surface area contributed by atoms with E-state index < -0.39 is 0 Å². The molecule has 1 N–H and O–H groups in total. The molecule has 28 heavy (non-hydrogen) atoms. The molecular weight excluding hydrogens is 368 g/mol. The van der Waals surface area contributed by atoms with Crippen molar-refractivity contribution in [3.05, 3.63) is 53.6 Å². The lowest BCUT2D eigenvalue weighted by Crippen LogP contribution is -2.12. The number of hydrogen-bond acceptors (Lipinski definition) is 4. The largest absolute Gasteiger partial charge is 0.494 e. The van der Waals surface area contributed by atoms with Gasteiger partial charge in [-0.15, -0.1) is 0 Å². The van der Waals surface area contributed by atoms with Crippen molar-refractivity contribution in [1.29, 1.82) is 0 Å². The standard InChI is InChI=1S/C23H28N2O2S/c1-5-16-8-11-18(12-9-16)27-14-6-7-21(26)25-22-24-19-13-10-17(23(2,3)4)15-20(19)28-22/h8-13,15H,5-7,14H2,1-4H3,(H,24,25,26). The zero-order chi connectivity index (χ0) is 20.1. The maximum atomic E-state index is 12.2. The number of carbonyl (C=O) groups excluding carboxylic acids is 1. The van der Waals surface area contributed by atoms with E-state index in [2.05, 4.69) is 62.3 Å². The van der Waals surface area contributed by atoms with Crippen LogP contribution < -0.4 is 10.1 Å². The first-order valence-corrected chi connectivity index (χ1v) is 10.6. The summed E-state index contributed by atoms with van der Waals surface area (Å²) in [6.07, 6.45) is 2.10. The summed E-state index contributed by atoms with van der Waals surface area (Å²) >= 11 is 1.52. The Bertz CT molecular complexity index is 939. The van der Waals surface area contributed by atoms with Crippen LogP contribution in [0.4, 0.5) is 5.13 Å². The highest BCUT2D eigenvalue weighted by Gasteiger charge is 2.15. The molecule has 148 valence electrons. The molecule has 0 saturated heterocycles. The molecule has 1 amide bonds. The van der Waals surface area contributed by atoms with Crippen molar-refractivity contribution < 1.29 is 9.53 Å². The summed E-state index contributed by atoms with van der Waals surface area (Å²) in [7, 11) is 0. The minimum absolute atomic E-state index is 0.0277. The van der Waals surface area contributed by atoms with Gasteiger partial charge < -0.3 is 10.1 Å². The number of anilines is 1. The lowest BCUT2D eigenvalue weighted by Gasteiger charge is -2.18. The van der Waals surface area contributed by atoms with Crippen molar-refractivity contribution in [1.82, 2.24) is 4.98 Å². The van der Waals surface area contributed by atoms with Crippen molar-refractivity contribution >= 4 is 32.6 Å². The van der Waals surface area contributed by atoms with Crippen LogP contribution in [0.25, 0.3) is 10.2 Å². The summed E-state index contributed by atoms with van der Waals surface area (Å²) in [5.41, 5.74) is 3.58. The van der Waals surface area contributed by atoms with Gasteiger partial charge in [-0.05, 0) is 53.6 Å². The van der Waals surface area contributed by atoms with Crippen LogP contribution in [0.5, 0.6) is 5.75 Å². The summed E-state index contributed by atoms with van der Waals surface area (Å²) in [4.78, 5) is 16.7. The zero-order valence-electron chi connectivity index (χ0n) is 17.0. The average molecular weight is 397 g/mol. The molecule has 0 bridgehead atoms. The summed E-state index contributed by atoms with van der Waals surface area (Å²) in [5, 5.41) is 3.57. The van der Waals surface area contributed by atoms with Crippen LogP contribution in [0.2, 0.25) is 0 Å². The molecule has 1 aromatic heterocycles. The Morgan fingerprint density at radius 2 is 1.89 bits per heavy atom. The van der Waals surface area contributed by atoms with Crippen LogP contribution in [0.1, 0.15) is 51.7 Å². The van der Waals surface area contributed by atoms with E-state index >= 15 is 0 Å². The Morgan fingerprint density at radius 1 is 1.14 bits per heavy atom. The van der Waals surface area contributed by atoms with E-state index in [0.717, 1.165) is 22.4 Å². The number of nitrogens with zero attached hydrogens (tertiary/aromatic N) is 1. The molecule has 3 aromatic rings. The number of aryl methyl sites for hydroxylation is 1. The molecule has 0 atom stereocenters. The zero-order valence-corrected chi connectivity index (χ0v) is 17.9. The van der Waals surface area contributed by atoms with Gasteiger partial charge in [0.2, 0.25) is 5.91 Å². The van der Waals surface area contributed by atoms with Gasteiger partial charge in [-0.2, -0.15) is 0 Å². The van der Waals surface area contributed by atoms with Gasteiger partial charge in [0.15, 0.2) is 5.13 Å². The first-order valence-electron chi connectivity index (χ1n) is 9.78. The Hall–Kier alpha value is -2.40. The van der Waals surface area contributed by atoms with Crippen LogP contribution in [-0.4, -0.2) is 17.5 Å². The van der Waals surface area contributed by atoms with Crippen LogP contribution in [0, 0.1) is 0 Å². The third-order valence-electron chi connectivity index (χ3n) is 4.65. The molecule has 0 fully saturated rings. The molecule has 0 spiro atoms. The van der Waals surface area contributed by atoms with Gasteiger partial charge in [-0.3, -0.25) is 4.79 Å². The molecule has 2 aromatic carbocycles. The van der Waals surface area contributed by atoms with Gasteiger partial charge in [0, 0.05) is 6.42 Å². The molecule has 0 aliphatic rings. The van der Waals surface area contributed by atoms with Gasteiger partial charge in [0.1, 0.15) is 5.75 Å². The second-order valence-corrected chi connectivity index (χ2v) is 8.98. The van der Waals surface area contributed by atoms with Crippen molar-refractivity contribution in [2.45, 2.75) is 52.4 Å². The first kappa shape index (κ1) is 20.3. The predicted octanol–water partition coefficient (Wildman–Crippen LogP) is 5.95. The van der Waals surface area contributed by atoms with E-state index in [0.29, 0.717) is 24.6 Å². The second-order valence-electron chi connectivity index (χ2n) is 7.95. The maximum Gasteiger partial charge on any atom is 0.226 e. The summed E-state index contributed by atoms with van der Waals surface area (Å²) in [6, 6.07) is 14.4. The molecule has 5 heteroatoms. The highest BCUT2D eigenvalue weighted by atomic mass is 32.1. The fourth-order valence-electron chi connectivity index (χ4n) is 2.87. The van der Waals surface area contributed by atoms with E-state index in [1.54, 1.807) is 0 Å². The van der Waals surface area contributed by atoms with Gasteiger partial charge in [0.05, 0.1) is 16.8 Å². The molecule has 0 unspecified atom stereocenters. The molecule has 4 nitrogen and oxygen atoms in total. The number of fused-ring (bicyclic) bond motifs is 1. The van der Waals surface area contributed by atoms with Crippen molar-refractivity contribution in [3.8, 4) is 5.75 Å². The number of thiazole rings is 1. The molecule has 0 radical (unpaired) electrons. The van der Waals surface area contributed by atoms with Crippen molar-refractivity contribution in [2.24, 2.45) is 0 Å². The normalized spacial score (nSPS) is 11.6. The maximum absolute atomic E-state index is 12.2. The monoisotopic (exact) mass is 396 g/mol. The van der Waals surface area contributed by atoms with Crippen LogP contribution in [-0.2, 0) is 16.6 Å². The third-order valence-corrected chi connectivity index (χ3v) is 5.58. The van der Waals surface area contributed by atoms with E-state index in [1.807, 2.05) is 18.2 Å². The number of amides is 1. The summed E-state index contributed by atoms with van der Waals surface area (Å²) in [6.45, 7) is 9.23. The Balaban J connectivity index is 1.49. The minimum atomic E-state index is -0.0277. The topological polar surface area (TPSA) is 51.2 Å². The number of aromatic nitrogens is 1. The molecule has 1 heterocycles. The lowest BCUT2D eigenvalue weighted by molar-refractivity contribution is -0.116. The quantitative estimate of drug-likeness (QED) is 0.502. The van der Waals surface area contributed by atoms with Gasteiger partial charge in [0.25, 0.3) is 0 Å². The molecule has 0 saturated carbocycles. The van der Waals surface area contributed by atoms with Gasteiger partial charge in [-0.1, -0.05) is 57.2 Å². The van der Waals surface area contributed by atoms with Crippen LogP contribution >= 0.6 is 11.3 Å². The van der Waals surface area contributed by atoms with Crippen LogP contribution in [0.3, 0.4) is 0 Å². The Morgan fingerprint density at radius 3 is 2.57 bits per heavy atom. The number of carbonyl (C=O) groups is 1. The van der Waals surface area contributed by atoms with Crippen molar-refractivity contribution in [2.75, 3.05) is 11.9 Å². The number of nitrogens with one attached hydrogen (secondary N) is 1. The fraction of sp³-hybridized carbons (Fsp3) is 0.391. The SMILES string of the molecule is CCc1ccc(OCCCC(=O)Nc2nc3ccc(C(C)(C)C)cc3s2)cc1. The third kappa shape index (κ3) is 5.32. The van der Waals surface area contributed by atoms with Gasteiger partial charge >= 0.3 is 0 Å². The first-order chi connectivity index (χ1) is 13.3. The number of benzene rings is 2. The fourth-order valence-corrected chi connectivity index (χ4v) is 3.79. The number of rotatable bonds is 7. The average Bonchev–Trinajstić information content (AvgIpc) is 3.06. The van der Waals surface area contributed by atoms with Gasteiger partial charge in [-0.25, -0.2) is 4.98 Å². The number of hydrogen-bond donors (Lipinski definition) is 1. The van der Waals surface area contributed by atoms with E-state index in [-0.39, 0.29) is 11.3 Å². The smallest absolute Gasteiger partial charge is 0.226 e. The lowest BCUT2D eigenvalue weighted by atomic mass is 9.87. The Kier molecular flexibility index (Phi) is 6.35. The predicted molar refractivity (Wildman–Crippen MR) is 117 cm³/mol. The molecular formula is C23H28N2O2S. The van der Waals surface area contributed by atoms with E-state index in [9.17, 15) is 4.79 Å². The highest BCUT2D eigenvalue weighted by molar-refractivity contribution is 7.22. The van der Waals surface area contributed by atoms with E-state index in [4.69, 9.17) is 4.74 Å². The number of ether oxygens (including phenoxy) is 1. The van der Waals surface area contributed by atoms with E-state index in [1.165, 1.54) is 22.5 Å². The van der Waals surface area contributed by atoms with Crippen LogP contribution in [0.15, 0.2) is 42.5 Å². The summed E-state index contributed by atoms with van der Waals surface area (Å²) < 4.78 is 6.80. The highest BCUT2D eigenvalue weighted by Crippen LogP contribution is 2.31. The Labute approximate surface area is 171 Å². The molecule has 3 rings (SSSR count). The second kappa shape index (κ2) is 8.74.